The standard InChI is InChI=1S/C17H26N2O.C3H6O/c1-19-9-7-15(8-10-19)18-16-5-3-13-4-6-17(20-2)12-14(13)11-16;1-2-3-4/h4,6,12,15-16,18H,3,5,7-11H2,1-2H3;3H,2H2,1H3. The van der Waals surface area contributed by atoms with Gasteiger partial charge in [-0.15, -0.1) is 0 Å². The third-order valence-electron chi connectivity index (χ3n) is 5.00. The average Bonchev–Trinajstić information content (AvgIpc) is 2.63. The van der Waals surface area contributed by atoms with Crippen molar-refractivity contribution < 1.29 is 9.53 Å². The Bertz CT molecular complexity index is 510. The molecule has 1 atom stereocenters. The molecule has 1 fully saturated rings. The Morgan fingerprint density at radius 2 is 1.92 bits per heavy atom. The van der Waals surface area contributed by atoms with Crippen LogP contribution in [-0.4, -0.2) is 50.5 Å². The number of carbonyl (C=O) groups excluding carboxylic acids is 1. The Balaban J connectivity index is 0.000000471. The van der Waals surface area contributed by atoms with Crippen LogP contribution in [0.3, 0.4) is 0 Å². The van der Waals surface area contributed by atoms with Crippen LogP contribution in [0.25, 0.3) is 0 Å². The Labute approximate surface area is 146 Å². The minimum atomic E-state index is 0.639. The number of aldehydes is 1. The fourth-order valence-corrected chi connectivity index (χ4v) is 3.51. The highest BCUT2D eigenvalue weighted by atomic mass is 16.5. The summed E-state index contributed by atoms with van der Waals surface area (Å²) in [5.41, 5.74) is 2.98. The van der Waals surface area contributed by atoms with Crippen LogP contribution < -0.4 is 10.1 Å². The zero-order valence-electron chi connectivity index (χ0n) is 15.4. The van der Waals surface area contributed by atoms with Crippen molar-refractivity contribution in [3.05, 3.63) is 29.3 Å². The van der Waals surface area contributed by atoms with Gasteiger partial charge in [0.1, 0.15) is 12.0 Å². The molecular formula is C20H32N2O2. The molecule has 1 aliphatic carbocycles. The number of likely N-dealkylation sites (tertiary alicyclic amines) is 1. The lowest BCUT2D eigenvalue weighted by molar-refractivity contribution is -0.107. The number of fused-ring (bicyclic) bond motifs is 1. The summed E-state index contributed by atoms with van der Waals surface area (Å²) in [4.78, 5) is 11.6. The first-order chi connectivity index (χ1) is 11.7. The van der Waals surface area contributed by atoms with Crippen LogP contribution in [-0.2, 0) is 17.6 Å². The van der Waals surface area contributed by atoms with Gasteiger partial charge in [0, 0.05) is 18.5 Å². The number of benzene rings is 1. The number of ether oxygens (including phenoxy) is 1. The average molecular weight is 332 g/mol. The van der Waals surface area contributed by atoms with E-state index in [9.17, 15) is 4.79 Å². The van der Waals surface area contributed by atoms with Crippen LogP contribution in [0.4, 0.5) is 0 Å². The summed E-state index contributed by atoms with van der Waals surface area (Å²) in [7, 11) is 3.97. The maximum Gasteiger partial charge on any atom is 0.119 e. The van der Waals surface area contributed by atoms with Gasteiger partial charge in [-0.3, -0.25) is 0 Å². The van der Waals surface area contributed by atoms with Crippen molar-refractivity contribution in [3.63, 3.8) is 0 Å². The Morgan fingerprint density at radius 1 is 1.21 bits per heavy atom. The first kappa shape index (κ1) is 18.9. The van der Waals surface area contributed by atoms with E-state index in [0.717, 1.165) is 18.5 Å². The summed E-state index contributed by atoms with van der Waals surface area (Å²) in [6.07, 6.45) is 7.71. The summed E-state index contributed by atoms with van der Waals surface area (Å²) in [6, 6.07) is 7.90. The number of hydrogen-bond donors (Lipinski definition) is 1. The normalized spacial score (nSPS) is 21.4. The molecule has 0 amide bonds. The summed E-state index contributed by atoms with van der Waals surface area (Å²) in [5, 5.41) is 3.89. The lowest BCUT2D eigenvalue weighted by atomic mass is 9.87. The predicted octanol–water partition coefficient (Wildman–Crippen LogP) is 2.83. The van der Waals surface area contributed by atoms with Crippen molar-refractivity contribution in [2.45, 2.75) is 57.5 Å². The zero-order valence-corrected chi connectivity index (χ0v) is 15.4. The molecule has 24 heavy (non-hydrogen) atoms. The van der Waals surface area contributed by atoms with Crippen molar-refractivity contribution >= 4 is 6.29 Å². The number of nitrogens with one attached hydrogen (secondary N) is 1. The van der Waals surface area contributed by atoms with E-state index in [2.05, 4.69) is 35.5 Å². The van der Waals surface area contributed by atoms with Crippen LogP contribution in [0.15, 0.2) is 18.2 Å². The van der Waals surface area contributed by atoms with E-state index >= 15 is 0 Å². The highest BCUT2D eigenvalue weighted by Crippen LogP contribution is 2.26. The molecule has 134 valence electrons. The van der Waals surface area contributed by atoms with E-state index in [1.807, 2.05) is 6.92 Å². The van der Waals surface area contributed by atoms with Gasteiger partial charge in [0.15, 0.2) is 0 Å². The molecule has 0 radical (unpaired) electrons. The second kappa shape index (κ2) is 9.80. The molecule has 0 aromatic heterocycles. The molecule has 1 aromatic rings. The Kier molecular flexibility index (Phi) is 7.73. The van der Waals surface area contributed by atoms with E-state index in [-0.39, 0.29) is 0 Å². The van der Waals surface area contributed by atoms with Gasteiger partial charge in [0.2, 0.25) is 0 Å². The lowest BCUT2D eigenvalue weighted by Gasteiger charge is -2.34. The molecule has 4 heteroatoms. The van der Waals surface area contributed by atoms with E-state index in [4.69, 9.17) is 4.74 Å². The quantitative estimate of drug-likeness (QED) is 0.861. The van der Waals surface area contributed by atoms with Crippen LogP contribution in [0.1, 0.15) is 43.7 Å². The van der Waals surface area contributed by atoms with Gasteiger partial charge >= 0.3 is 0 Å². The highest BCUT2D eigenvalue weighted by molar-refractivity contribution is 5.48. The number of aryl methyl sites for hydroxylation is 1. The molecule has 1 heterocycles. The molecular weight excluding hydrogens is 300 g/mol. The maximum absolute atomic E-state index is 9.17. The third-order valence-corrected chi connectivity index (χ3v) is 5.00. The van der Waals surface area contributed by atoms with Gasteiger partial charge in [-0.25, -0.2) is 0 Å². The number of nitrogens with zero attached hydrogens (tertiary/aromatic N) is 1. The molecule has 3 rings (SSSR count). The molecule has 0 spiro atoms. The second-order valence-electron chi connectivity index (χ2n) is 6.89. The summed E-state index contributed by atoms with van der Waals surface area (Å²) < 4.78 is 5.35. The summed E-state index contributed by atoms with van der Waals surface area (Å²) >= 11 is 0. The zero-order chi connectivity index (χ0) is 17.4. The van der Waals surface area contributed by atoms with Gasteiger partial charge in [0.05, 0.1) is 7.11 Å². The topological polar surface area (TPSA) is 41.6 Å². The van der Waals surface area contributed by atoms with Gasteiger partial charge in [0.25, 0.3) is 0 Å². The van der Waals surface area contributed by atoms with E-state index in [1.54, 1.807) is 7.11 Å². The van der Waals surface area contributed by atoms with Gasteiger partial charge in [-0.2, -0.15) is 0 Å². The van der Waals surface area contributed by atoms with Crippen molar-refractivity contribution in [3.8, 4) is 5.75 Å². The number of methoxy groups -OCH3 is 1. The van der Waals surface area contributed by atoms with Crippen LogP contribution in [0, 0.1) is 0 Å². The molecule has 1 saturated heterocycles. The Hall–Kier alpha value is -1.39. The minimum Gasteiger partial charge on any atom is -0.497 e. The van der Waals surface area contributed by atoms with Crippen LogP contribution >= 0.6 is 0 Å². The monoisotopic (exact) mass is 332 g/mol. The SMILES string of the molecule is CCC=O.COc1ccc2c(c1)CC(NC1CCN(C)CC1)CC2. The second-order valence-corrected chi connectivity index (χ2v) is 6.89. The van der Waals surface area contributed by atoms with E-state index in [1.165, 1.54) is 49.9 Å². The summed E-state index contributed by atoms with van der Waals surface area (Å²) in [6.45, 7) is 4.27. The highest BCUT2D eigenvalue weighted by Gasteiger charge is 2.23. The fourth-order valence-electron chi connectivity index (χ4n) is 3.51. The number of piperidine rings is 1. The van der Waals surface area contributed by atoms with Crippen LogP contribution in [0.5, 0.6) is 5.75 Å². The van der Waals surface area contributed by atoms with Crippen molar-refractivity contribution in [2.24, 2.45) is 0 Å². The van der Waals surface area contributed by atoms with E-state index < -0.39 is 0 Å². The Morgan fingerprint density at radius 3 is 2.54 bits per heavy atom. The molecule has 1 unspecified atom stereocenters. The van der Waals surface area contributed by atoms with Crippen LogP contribution in [0.2, 0.25) is 0 Å². The minimum absolute atomic E-state index is 0.639. The smallest absolute Gasteiger partial charge is 0.119 e. The first-order valence-electron chi connectivity index (χ1n) is 9.20. The van der Waals surface area contributed by atoms with Gasteiger partial charge < -0.3 is 19.7 Å². The van der Waals surface area contributed by atoms with Gasteiger partial charge in [-0.05, 0) is 75.5 Å². The third kappa shape index (κ3) is 5.60. The fraction of sp³-hybridized carbons (Fsp3) is 0.650. The maximum atomic E-state index is 9.17. The number of carbonyl (C=O) groups is 1. The lowest BCUT2D eigenvalue weighted by Crippen LogP contribution is -2.46. The van der Waals surface area contributed by atoms with Gasteiger partial charge in [-0.1, -0.05) is 13.0 Å². The first-order valence-corrected chi connectivity index (χ1v) is 9.20. The number of rotatable bonds is 4. The number of hydrogen-bond acceptors (Lipinski definition) is 4. The molecule has 1 aliphatic heterocycles. The molecule has 1 aromatic carbocycles. The molecule has 2 aliphatic rings. The predicted molar refractivity (Wildman–Crippen MR) is 98.8 cm³/mol. The summed E-state index contributed by atoms with van der Waals surface area (Å²) in [5.74, 6) is 0.990. The largest absolute Gasteiger partial charge is 0.497 e. The molecule has 0 saturated carbocycles. The van der Waals surface area contributed by atoms with Crippen molar-refractivity contribution in [2.75, 3.05) is 27.2 Å². The van der Waals surface area contributed by atoms with Crippen molar-refractivity contribution in [1.29, 1.82) is 0 Å². The van der Waals surface area contributed by atoms with Crippen molar-refractivity contribution in [1.82, 2.24) is 10.2 Å². The van der Waals surface area contributed by atoms with E-state index in [0.29, 0.717) is 18.5 Å². The molecule has 1 N–H and O–H groups in total. The molecule has 0 bridgehead atoms. The molecule has 4 nitrogen and oxygen atoms in total.